The number of para-hydroxylation sites is 1. The minimum absolute atomic E-state index is 0. The van der Waals surface area contributed by atoms with Crippen LogP contribution in [0.1, 0.15) is 31.2 Å². The number of carbonyl (C=O) groups is 1. The molecule has 1 saturated carbocycles. The van der Waals surface area contributed by atoms with E-state index in [2.05, 4.69) is 52.3 Å². The zero-order valence-electron chi connectivity index (χ0n) is 17.8. The number of piperidine rings is 1. The van der Waals surface area contributed by atoms with Gasteiger partial charge in [0, 0.05) is 38.3 Å². The van der Waals surface area contributed by atoms with Crippen LogP contribution in [0.3, 0.4) is 0 Å². The summed E-state index contributed by atoms with van der Waals surface area (Å²) in [6, 6.07) is 20.9. The third-order valence-electron chi connectivity index (χ3n) is 6.40. The average molecular weight is 429 g/mol. The average Bonchev–Trinajstić information content (AvgIpc) is 3.61. The van der Waals surface area contributed by atoms with Crippen molar-refractivity contribution in [3.63, 3.8) is 0 Å². The molecule has 4 nitrogen and oxygen atoms in total. The molecule has 1 aliphatic carbocycles. The minimum atomic E-state index is -0.251. The lowest BCUT2D eigenvalue weighted by molar-refractivity contribution is -0.122. The molecule has 0 N–H and O–H groups in total. The number of carbonyl (C=O) groups excluding carboxylic acids is 1. The monoisotopic (exact) mass is 428 g/mol. The van der Waals surface area contributed by atoms with Gasteiger partial charge in [0.2, 0.25) is 5.91 Å². The van der Waals surface area contributed by atoms with Crippen LogP contribution in [-0.2, 0) is 16.0 Å². The van der Waals surface area contributed by atoms with Gasteiger partial charge in [0.05, 0.1) is 12.1 Å². The normalized spacial score (nSPS) is 18.4. The van der Waals surface area contributed by atoms with E-state index in [1.54, 1.807) is 7.11 Å². The number of anilines is 1. The van der Waals surface area contributed by atoms with Crippen molar-refractivity contribution in [2.24, 2.45) is 5.92 Å². The molecule has 0 unspecified atom stereocenters. The summed E-state index contributed by atoms with van der Waals surface area (Å²) in [6.07, 6.45) is 5.01. The van der Waals surface area contributed by atoms with Crippen LogP contribution in [0.5, 0.6) is 0 Å². The first kappa shape index (κ1) is 22.8. The molecule has 1 amide bonds. The minimum Gasteiger partial charge on any atom is -0.382 e. The molecule has 4 rings (SSSR count). The molecule has 2 fully saturated rings. The molecule has 1 saturated heterocycles. The van der Waals surface area contributed by atoms with Crippen LogP contribution in [-0.4, -0.2) is 49.7 Å². The molecule has 0 spiro atoms. The van der Waals surface area contributed by atoms with E-state index in [4.69, 9.17) is 4.74 Å². The van der Waals surface area contributed by atoms with Gasteiger partial charge in [0.15, 0.2) is 0 Å². The number of halogens is 1. The number of hydrogen-bond acceptors (Lipinski definition) is 3. The zero-order valence-corrected chi connectivity index (χ0v) is 18.7. The Hall–Kier alpha value is -1.88. The summed E-state index contributed by atoms with van der Waals surface area (Å²) in [5.74, 6) is 0.478. The second kappa shape index (κ2) is 10.4. The molecule has 1 aliphatic heterocycles. The fourth-order valence-corrected chi connectivity index (χ4v) is 4.55. The van der Waals surface area contributed by atoms with Crippen molar-refractivity contribution in [1.29, 1.82) is 0 Å². The van der Waals surface area contributed by atoms with E-state index in [0.29, 0.717) is 6.61 Å². The van der Waals surface area contributed by atoms with Crippen LogP contribution in [0.15, 0.2) is 60.7 Å². The highest BCUT2D eigenvalue weighted by Gasteiger charge is 2.46. The predicted molar refractivity (Wildman–Crippen MR) is 124 cm³/mol. The largest absolute Gasteiger partial charge is 0.382 e. The first-order chi connectivity index (χ1) is 14.2. The maximum atomic E-state index is 13.3. The summed E-state index contributed by atoms with van der Waals surface area (Å²) in [4.78, 5) is 18.0. The van der Waals surface area contributed by atoms with E-state index in [-0.39, 0.29) is 29.8 Å². The summed E-state index contributed by atoms with van der Waals surface area (Å²) in [5, 5.41) is 0. The number of ether oxygens (including phenoxy) is 1. The fraction of sp³-hybridized carbons (Fsp3) is 0.480. The van der Waals surface area contributed by atoms with Gasteiger partial charge in [-0.3, -0.25) is 4.79 Å². The Kier molecular flexibility index (Phi) is 7.93. The highest BCUT2D eigenvalue weighted by molar-refractivity contribution is 5.97. The molecule has 0 bridgehead atoms. The summed E-state index contributed by atoms with van der Waals surface area (Å²) in [5.41, 5.74) is 2.15. The molecule has 30 heavy (non-hydrogen) atoms. The van der Waals surface area contributed by atoms with E-state index in [1.165, 1.54) is 5.56 Å². The predicted octanol–water partition coefficient (Wildman–Crippen LogP) is 4.58. The number of nitrogens with zero attached hydrogens (tertiary/aromatic N) is 2. The molecule has 2 aromatic carbocycles. The Labute approximate surface area is 186 Å². The van der Waals surface area contributed by atoms with Crippen molar-refractivity contribution in [2.45, 2.75) is 37.6 Å². The Morgan fingerprint density at radius 2 is 1.63 bits per heavy atom. The Bertz CT molecular complexity index is 787. The molecule has 2 aromatic rings. The van der Waals surface area contributed by atoms with Gasteiger partial charge in [0.25, 0.3) is 0 Å². The first-order valence-corrected chi connectivity index (χ1v) is 10.9. The summed E-state index contributed by atoms with van der Waals surface area (Å²) >= 11 is 0. The van der Waals surface area contributed by atoms with Crippen molar-refractivity contribution in [1.82, 2.24) is 4.90 Å². The molecule has 1 heterocycles. The second-order valence-electron chi connectivity index (χ2n) is 8.52. The highest BCUT2D eigenvalue weighted by Crippen LogP contribution is 2.40. The van der Waals surface area contributed by atoms with Crippen LogP contribution in [0.25, 0.3) is 0 Å². The molecule has 5 heteroatoms. The van der Waals surface area contributed by atoms with Crippen LogP contribution < -0.4 is 4.90 Å². The first-order valence-electron chi connectivity index (χ1n) is 10.9. The topological polar surface area (TPSA) is 32.8 Å². The second-order valence-corrected chi connectivity index (χ2v) is 8.52. The van der Waals surface area contributed by atoms with Crippen LogP contribution in [0.2, 0.25) is 0 Å². The lowest BCUT2D eigenvalue weighted by atomic mass is 9.85. The number of hydrogen-bond donors (Lipinski definition) is 0. The van der Waals surface area contributed by atoms with Gasteiger partial charge in [-0.15, -0.1) is 12.4 Å². The number of rotatable bonds is 8. The van der Waals surface area contributed by atoms with Gasteiger partial charge in [-0.2, -0.15) is 0 Å². The lowest BCUT2D eigenvalue weighted by Crippen LogP contribution is -2.60. The number of likely N-dealkylation sites (tertiary alicyclic amines) is 1. The third kappa shape index (κ3) is 5.23. The molecular weight excluding hydrogens is 396 g/mol. The number of methoxy groups -OCH3 is 1. The fourth-order valence-electron chi connectivity index (χ4n) is 4.55. The van der Waals surface area contributed by atoms with E-state index in [1.807, 2.05) is 18.2 Å². The Morgan fingerprint density at radius 1 is 1.03 bits per heavy atom. The smallest absolute Gasteiger partial charge is 0.230 e. The summed E-state index contributed by atoms with van der Waals surface area (Å²) in [6.45, 7) is 3.65. The maximum absolute atomic E-state index is 13.3. The van der Waals surface area contributed by atoms with Gasteiger partial charge < -0.3 is 14.5 Å². The highest BCUT2D eigenvalue weighted by atomic mass is 35.5. The Morgan fingerprint density at radius 3 is 2.20 bits per heavy atom. The SMILES string of the molecule is COCC1(N(C(=O)C2CC2)c2ccccc2)CCN(CCc2ccccc2)CC1.Cl. The quantitative estimate of drug-likeness (QED) is 0.617. The van der Waals surface area contributed by atoms with Gasteiger partial charge in [-0.05, 0) is 49.8 Å². The maximum Gasteiger partial charge on any atom is 0.230 e. The van der Waals surface area contributed by atoms with E-state index in [0.717, 1.165) is 57.4 Å². The molecule has 0 atom stereocenters. The lowest BCUT2D eigenvalue weighted by Gasteiger charge is -2.48. The Balaban J connectivity index is 0.00000256. The van der Waals surface area contributed by atoms with Gasteiger partial charge in [-0.1, -0.05) is 48.5 Å². The molecule has 162 valence electrons. The van der Waals surface area contributed by atoms with E-state index >= 15 is 0 Å². The van der Waals surface area contributed by atoms with Crippen LogP contribution >= 0.6 is 12.4 Å². The zero-order chi connectivity index (χ0) is 20.1. The molecule has 2 aliphatic rings. The molecule has 0 aromatic heterocycles. The van der Waals surface area contributed by atoms with Crippen molar-refractivity contribution in [3.8, 4) is 0 Å². The molecule has 0 radical (unpaired) electrons. The number of benzene rings is 2. The number of amides is 1. The standard InChI is InChI=1S/C25H32N2O2.ClH/c1-29-20-25(27(24(28)22-12-13-22)23-10-6-3-7-11-23)15-18-26(19-16-25)17-14-21-8-4-2-5-9-21;/h2-11,22H,12-20H2,1H3;1H. The van der Waals surface area contributed by atoms with Crippen molar-refractivity contribution in [3.05, 3.63) is 66.2 Å². The van der Waals surface area contributed by atoms with E-state index in [9.17, 15) is 4.79 Å². The van der Waals surface area contributed by atoms with E-state index < -0.39 is 0 Å². The van der Waals surface area contributed by atoms with Crippen molar-refractivity contribution < 1.29 is 9.53 Å². The molecular formula is C25H33ClN2O2. The van der Waals surface area contributed by atoms with Gasteiger partial charge in [0.1, 0.15) is 0 Å². The van der Waals surface area contributed by atoms with Gasteiger partial charge in [-0.25, -0.2) is 0 Å². The van der Waals surface area contributed by atoms with Gasteiger partial charge >= 0.3 is 0 Å². The van der Waals surface area contributed by atoms with Crippen LogP contribution in [0, 0.1) is 5.92 Å². The summed E-state index contributed by atoms with van der Waals surface area (Å²) in [7, 11) is 1.76. The third-order valence-corrected chi connectivity index (χ3v) is 6.40. The van der Waals surface area contributed by atoms with Crippen LogP contribution in [0.4, 0.5) is 5.69 Å². The van der Waals surface area contributed by atoms with Crippen molar-refractivity contribution >= 4 is 24.0 Å². The summed E-state index contributed by atoms with van der Waals surface area (Å²) < 4.78 is 5.69. The van der Waals surface area contributed by atoms with Crippen molar-refractivity contribution in [2.75, 3.05) is 38.3 Å².